The van der Waals surface area contributed by atoms with Crippen molar-refractivity contribution < 1.29 is 0 Å². The predicted molar refractivity (Wildman–Crippen MR) is 68.5 cm³/mol. The Morgan fingerprint density at radius 3 is 2.07 bits per heavy atom. The zero-order chi connectivity index (χ0) is 11.6. The average Bonchev–Trinajstić information content (AvgIpc) is 2.69. The minimum absolute atomic E-state index is 1.02. The number of anilines is 1. The number of nitrogens with zero attached hydrogens (tertiary/aromatic N) is 2. The molecule has 0 amide bonds. The monoisotopic (exact) mass is 216 g/mol. The maximum atomic E-state index is 4.23. The Kier molecular flexibility index (Phi) is 11.9. The Bertz CT molecular complexity index is 209. The molecule has 0 aromatic carbocycles. The van der Waals surface area contributed by atoms with Crippen LogP contribution in [0.5, 0.6) is 0 Å². The van der Waals surface area contributed by atoms with Crippen molar-refractivity contribution >= 4 is 16.5 Å². The van der Waals surface area contributed by atoms with E-state index in [1.165, 1.54) is 4.88 Å². The minimum atomic E-state index is 1.02. The normalized spacial score (nSPS) is 7.93. The van der Waals surface area contributed by atoms with Gasteiger partial charge < -0.3 is 4.90 Å². The number of hydrogen-bond acceptors (Lipinski definition) is 3. The molecule has 0 unspecified atom stereocenters. The molecule has 1 rings (SSSR count). The highest BCUT2D eigenvalue weighted by molar-refractivity contribution is 7.15. The lowest BCUT2D eigenvalue weighted by Crippen LogP contribution is -2.14. The summed E-state index contributed by atoms with van der Waals surface area (Å²) in [5, 5.41) is 1.11. The Hall–Kier alpha value is -0.570. The largest absolute Gasteiger partial charge is 0.351 e. The van der Waals surface area contributed by atoms with Crippen LogP contribution in [0.15, 0.2) is 6.20 Å². The topological polar surface area (TPSA) is 16.1 Å². The summed E-state index contributed by atoms with van der Waals surface area (Å²) in [5.74, 6) is 0. The van der Waals surface area contributed by atoms with Crippen molar-refractivity contribution in [1.29, 1.82) is 0 Å². The fourth-order valence-corrected chi connectivity index (χ4v) is 1.44. The van der Waals surface area contributed by atoms with Crippen molar-refractivity contribution in [2.45, 2.75) is 41.5 Å². The Labute approximate surface area is 93.0 Å². The van der Waals surface area contributed by atoms with E-state index < -0.39 is 0 Å². The minimum Gasteiger partial charge on any atom is -0.351 e. The summed E-state index contributed by atoms with van der Waals surface area (Å²) < 4.78 is 0. The molecule has 0 spiro atoms. The lowest BCUT2D eigenvalue weighted by Gasteiger charge is -2.10. The van der Waals surface area contributed by atoms with Gasteiger partial charge in [0.15, 0.2) is 5.13 Å². The Morgan fingerprint density at radius 1 is 1.29 bits per heavy atom. The third-order valence-corrected chi connectivity index (χ3v) is 2.44. The first-order valence-corrected chi connectivity index (χ1v) is 6.19. The second-order valence-electron chi connectivity index (χ2n) is 2.27. The highest BCUT2D eigenvalue weighted by atomic mass is 32.1. The summed E-state index contributed by atoms with van der Waals surface area (Å²) in [6.45, 7) is 13.2. The van der Waals surface area contributed by atoms with Crippen molar-refractivity contribution in [2.75, 3.05) is 18.5 Å². The van der Waals surface area contributed by atoms with Gasteiger partial charge in [-0.05, 0) is 13.8 Å². The molecule has 0 aliphatic rings. The van der Waals surface area contributed by atoms with Crippen molar-refractivity contribution in [3.63, 3.8) is 0 Å². The van der Waals surface area contributed by atoms with Crippen LogP contribution in [0.3, 0.4) is 0 Å². The second kappa shape index (κ2) is 10.5. The van der Waals surface area contributed by atoms with Gasteiger partial charge in [0.25, 0.3) is 0 Å². The van der Waals surface area contributed by atoms with Gasteiger partial charge in [-0.15, -0.1) is 11.3 Å². The summed E-state index contributed by atoms with van der Waals surface area (Å²) in [6.07, 6.45) is 1.91. The smallest absolute Gasteiger partial charge is 0.185 e. The number of thiazole rings is 1. The number of rotatable bonds is 2. The SMILES string of the molecule is CC.CC.CCN(C)c1ncc(C)s1. The van der Waals surface area contributed by atoms with E-state index in [1.54, 1.807) is 11.3 Å². The third-order valence-electron chi connectivity index (χ3n) is 1.41. The van der Waals surface area contributed by atoms with E-state index in [9.17, 15) is 0 Å². The molecule has 0 aliphatic carbocycles. The van der Waals surface area contributed by atoms with E-state index in [-0.39, 0.29) is 0 Å². The summed E-state index contributed by atoms with van der Waals surface area (Å²) in [4.78, 5) is 7.64. The van der Waals surface area contributed by atoms with E-state index in [4.69, 9.17) is 0 Å². The molecule has 0 fully saturated rings. The molecule has 84 valence electrons. The van der Waals surface area contributed by atoms with Crippen molar-refractivity contribution in [2.24, 2.45) is 0 Å². The fourth-order valence-electron chi connectivity index (χ4n) is 0.655. The molecule has 0 saturated carbocycles. The van der Waals surface area contributed by atoms with Crippen molar-refractivity contribution in [3.8, 4) is 0 Å². The Morgan fingerprint density at radius 2 is 1.79 bits per heavy atom. The molecule has 1 aromatic heterocycles. The van der Waals surface area contributed by atoms with Gasteiger partial charge in [-0.3, -0.25) is 0 Å². The van der Waals surface area contributed by atoms with Crippen LogP contribution in [-0.2, 0) is 0 Å². The van der Waals surface area contributed by atoms with Crippen LogP contribution in [0.2, 0.25) is 0 Å². The number of aromatic nitrogens is 1. The van der Waals surface area contributed by atoms with Crippen molar-refractivity contribution in [3.05, 3.63) is 11.1 Å². The third kappa shape index (κ3) is 5.97. The molecule has 14 heavy (non-hydrogen) atoms. The van der Waals surface area contributed by atoms with Crippen LogP contribution in [-0.4, -0.2) is 18.6 Å². The number of hydrogen-bond donors (Lipinski definition) is 0. The van der Waals surface area contributed by atoms with Gasteiger partial charge in [-0.25, -0.2) is 4.98 Å². The van der Waals surface area contributed by atoms with Crippen LogP contribution in [0.25, 0.3) is 0 Å². The van der Waals surface area contributed by atoms with Gasteiger partial charge in [-0.2, -0.15) is 0 Å². The predicted octanol–water partition coefficient (Wildman–Crippen LogP) is 3.96. The van der Waals surface area contributed by atoms with Gasteiger partial charge in [0.2, 0.25) is 0 Å². The van der Waals surface area contributed by atoms with Crippen LogP contribution in [0.1, 0.15) is 39.5 Å². The van der Waals surface area contributed by atoms with Crippen LogP contribution in [0, 0.1) is 6.92 Å². The molecular weight excluding hydrogens is 192 g/mol. The lowest BCUT2D eigenvalue weighted by atomic mass is 10.6. The summed E-state index contributed by atoms with van der Waals surface area (Å²) in [6, 6.07) is 0. The molecule has 0 aliphatic heterocycles. The molecule has 1 aromatic rings. The quantitative estimate of drug-likeness (QED) is 0.744. The highest BCUT2D eigenvalue weighted by Crippen LogP contribution is 2.19. The van der Waals surface area contributed by atoms with E-state index in [0.29, 0.717) is 0 Å². The maximum absolute atomic E-state index is 4.23. The van der Waals surface area contributed by atoms with Gasteiger partial charge >= 0.3 is 0 Å². The lowest BCUT2D eigenvalue weighted by molar-refractivity contribution is 0.958. The van der Waals surface area contributed by atoms with Gasteiger partial charge in [-0.1, -0.05) is 27.7 Å². The molecule has 2 nitrogen and oxygen atoms in total. The first-order valence-electron chi connectivity index (χ1n) is 5.37. The molecule has 1 heterocycles. The summed E-state index contributed by atoms with van der Waals surface area (Å²) in [5.41, 5.74) is 0. The van der Waals surface area contributed by atoms with E-state index >= 15 is 0 Å². The second-order valence-corrected chi connectivity index (χ2v) is 3.48. The van der Waals surface area contributed by atoms with Gasteiger partial charge in [0, 0.05) is 24.7 Å². The zero-order valence-corrected chi connectivity index (χ0v) is 11.4. The zero-order valence-electron chi connectivity index (χ0n) is 10.6. The fraction of sp³-hybridized carbons (Fsp3) is 0.727. The molecule has 0 radical (unpaired) electrons. The molecule has 0 N–H and O–H groups in total. The van der Waals surface area contributed by atoms with E-state index in [1.807, 2.05) is 33.9 Å². The maximum Gasteiger partial charge on any atom is 0.185 e. The standard InChI is InChI=1S/C7H12N2S.2C2H6/c1-4-9(3)7-8-5-6(2)10-7;2*1-2/h5H,4H2,1-3H3;2*1-2H3. The highest BCUT2D eigenvalue weighted by Gasteiger charge is 2.00. The first-order chi connectivity index (χ1) is 6.74. The van der Waals surface area contributed by atoms with Crippen LogP contribution < -0.4 is 4.90 Å². The van der Waals surface area contributed by atoms with E-state index in [2.05, 4.69) is 30.8 Å². The molecular formula is C11H24N2S. The molecule has 0 atom stereocenters. The first kappa shape index (κ1) is 15.9. The van der Waals surface area contributed by atoms with Gasteiger partial charge in [0.05, 0.1) is 0 Å². The molecule has 0 saturated heterocycles. The average molecular weight is 216 g/mol. The summed E-state index contributed by atoms with van der Waals surface area (Å²) >= 11 is 1.74. The molecule has 3 heteroatoms. The van der Waals surface area contributed by atoms with Gasteiger partial charge in [0.1, 0.15) is 0 Å². The Balaban J connectivity index is 0. The summed E-state index contributed by atoms with van der Waals surface area (Å²) in [7, 11) is 2.05. The number of aryl methyl sites for hydroxylation is 1. The van der Waals surface area contributed by atoms with Crippen LogP contribution in [0.4, 0.5) is 5.13 Å². The van der Waals surface area contributed by atoms with Crippen LogP contribution >= 0.6 is 11.3 Å². The van der Waals surface area contributed by atoms with E-state index in [0.717, 1.165) is 11.7 Å². The van der Waals surface area contributed by atoms with Crippen molar-refractivity contribution in [1.82, 2.24) is 4.98 Å². The molecule has 0 bridgehead atoms.